The smallest absolute Gasteiger partial charge is 0.271 e. The van der Waals surface area contributed by atoms with Crippen LogP contribution in [0.1, 0.15) is 43.1 Å². The monoisotopic (exact) mass is 262 g/mol. The zero-order valence-corrected chi connectivity index (χ0v) is 11.6. The van der Waals surface area contributed by atoms with Gasteiger partial charge < -0.3 is 10.6 Å². The lowest BCUT2D eigenvalue weighted by Gasteiger charge is -2.26. The molecule has 0 bridgehead atoms. The maximum atomic E-state index is 11.9. The molecule has 1 aromatic heterocycles. The van der Waals surface area contributed by atoms with Gasteiger partial charge in [0, 0.05) is 13.6 Å². The highest BCUT2D eigenvalue weighted by molar-refractivity contribution is 5.91. The molecule has 1 saturated carbocycles. The lowest BCUT2D eigenvalue weighted by molar-refractivity contribution is 0.0936. The first kappa shape index (κ1) is 13.8. The highest BCUT2D eigenvalue weighted by Gasteiger charge is 2.19. The lowest BCUT2D eigenvalue weighted by Crippen LogP contribution is -2.31. The molecule has 1 aliphatic carbocycles. The second kappa shape index (κ2) is 6.50. The highest BCUT2D eigenvalue weighted by Crippen LogP contribution is 2.27. The van der Waals surface area contributed by atoms with Crippen molar-refractivity contribution in [3.63, 3.8) is 0 Å². The fourth-order valence-electron chi connectivity index (χ4n) is 2.44. The third-order valence-electron chi connectivity index (χ3n) is 3.83. The van der Waals surface area contributed by atoms with E-state index in [9.17, 15) is 4.79 Å². The number of carbonyl (C=O) groups is 1. The summed E-state index contributed by atoms with van der Waals surface area (Å²) >= 11 is 0. The molecule has 1 aliphatic rings. The maximum absolute atomic E-state index is 11.9. The Bertz CT molecular complexity index is 410. The molecule has 0 saturated heterocycles. The number of aromatic nitrogens is 2. The summed E-state index contributed by atoms with van der Waals surface area (Å²) < 4.78 is 0. The van der Waals surface area contributed by atoms with Crippen molar-refractivity contribution in [3.05, 3.63) is 18.1 Å². The van der Waals surface area contributed by atoms with Crippen LogP contribution in [0, 0.1) is 11.8 Å². The molecule has 0 spiro atoms. The number of hydrogen-bond acceptors (Lipinski definition) is 4. The van der Waals surface area contributed by atoms with Crippen LogP contribution in [0.15, 0.2) is 12.4 Å². The molecular formula is C14H22N4O. The third-order valence-corrected chi connectivity index (χ3v) is 3.83. The Morgan fingerprint density at radius 3 is 2.58 bits per heavy atom. The van der Waals surface area contributed by atoms with Gasteiger partial charge in [0.05, 0.1) is 12.4 Å². The van der Waals surface area contributed by atoms with Crippen LogP contribution in [-0.2, 0) is 0 Å². The fraction of sp³-hybridized carbons (Fsp3) is 0.643. The van der Waals surface area contributed by atoms with Crippen LogP contribution >= 0.6 is 0 Å². The fourth-order valence-corrected chi connectivity index (χ4v) is 2.44. The largest absolute Gasteiger partial charge is 0.372 e. The van der Waals surface area contributed by atoms with E-state index >= 15 is 0 Å². The van der Waals surface area contributed by atoms with Crippen molar-refractivity contribution in [2.45, 2.75) is 32.6 Å². The van der Waals surface area contributed by atoms with E-state index in [0.29, 0.717) is 17.4 Å². The molecule has 19 heavy (non-hydrogen) atoms. The predicted molar refractivity (Wildman–Crippen MR) is 75.0 cm³/mol. The van der Waals surface area contributed by atoms with Gasteiger partial charge in [-0.1, -0.05) is 19.8 Å². The molecule has 0 aromatic carbocycles. The lowest BCUT2D eigenvalue weighted by atomic mass is 9.83. The van der Waals surface area contributed by atoms with Gasteiger partial charge >= 0.3 is 0 Å². The summed E-state index contributed by atoms with van der Waals surface area (Å²) in [5, 5.41) is 5.83. The summed E-state index contributed by atoms with van der Waals surface area (Å²) in [7, 11) is 1.77. The van der Waals surface area contributed by atoms with E-state index in [1.807, 2.05) is 0 Å². The van der Waals surface area contributed by atoms with Crippen LogP contribution in [-0.4, -0.2) is 29.5 Å². The van der Waals surface area contributed by atoms with E-state index in [0.717, 1.165) is 12.5 Å². The topological polar surface area (TPSA) is 66.9 Å². The van der Waals surface area contributed by atoms with E-state index in [4.69, 9.17) is 0 Å². The molecule has 0 aliphatic heterocycles. The Balaban J connectivity index is 1.80. The first-order valence-electron chi connectivity index (χ1n) is 6.97. The molecular weight excluding hydrogens is 240 g/mol. The second-order valence-electron chi connectivity index (χ2n) is 5.37. The van der Waals surface area contributed by atoms with Crippen LogP contribution < -0.4 is 10.6 Å². The Hall–Kier alpha value is -1.65. The number of hydrogen-bond donors (Lipinski definition) is 2. The first-order chi connectivity index (χ1) is 9.19. The van der Waals surface area contributed by atoms with Crippen LogP contribution in [0.25, 0.3) is 0 Å². The standard InChI is InChI=1S/C14H22N4O/c1-10-3-5-11(6-4-10)7-18-14(19)12-8-17-13(15-2)9-16-12/h8-11H,3-7H2,1-2H3,(H,15,17)(H,18,19). The van der Waals surface area contributed by atoms with E-state index < -0.39 is 0 Å². The molecule has 0 unspecified atom stereocenters. The van der Waals surface area contributed by atoms with Crippen molar-refractivity contribution in [3.8, 4) is 0 Å². The number of amides is 1. The van der Waals surface area contributed by atoms with Crippen molar-refractivity contribution in [2.24, 2.45) is 11.8 Å². The summed E-state index contributed by atoms with van der Waals surface area (Å²) in [6.45, 7) is 3.05. The molecule has 1 heterocycles. The molecule has 1 aromatic rings. The minimum absolute atomic E-state index is 0.131. The summed E-state index contributed by atoms with van der Waals surface area (Å²) in [6.07, 6.45) is 8.05. The van der Waals surface area contributed by atoms with Crippen molar-refractivity contribution in [2.75, 3.05) is 18.9 Å². The molecule has 2 rings (SSSR count). The molecule has 5 heteroatoms. The molecule has 1 fully saturated rings. The summed E-state index contributed by atoms with van der Waals surface area (Å²) in [5.74, 6) is 1.99. The van der Waals surface area contributed by atoms with Gasteiger partial charge in [0.25, 0.3) is 5.91 Å². The van der Waals surface area contributed by atoms with Gasteiger partial charge in [-0.3, -0.25) is 4.79 Å². The number of carbonyl (C=O) groups excluding carboxylic acids is 1. The zero-order chi connectivity index (χ0) is 13.7. The third kappa shape index (κ3) is 3.91. The number of nitrogens with zero attached hydrogens (tertiary/aromatic N) is 2. The maximum Gasteiger partial charge on any atom is 0.271 e. The van der Waals surface area contributed by atoms with Crippen LogP contribution in [0.3, 0.4) is 0 Å². The van der Waals surface area contributed by atoms with E-state index in [1.165, 1.54) is 31.9 Å². The first-order valence-corrected chi connectivity index (χ1v) is 6.97. The quantitative estimate of drug-likeness (QED) is 0.871. The van der Waals surface area contributed by atoms with Gasteiger partial charge in [0.15, 0.2) is 0 Å². The minimum atomic E-state index is -0.131. The van der Waals surface area contributed by atoms with E-state index in [2.05, 4.69) is 27.5 Å². The Labute approximate surface area is 114 Å². The van der Waals surface area contributed by atoms with Crippen LogP contribution in [0.5, 0.6) is 0 Å². The van der Waals surface area contributed by atoms with Crippen LogP contribution in [0.4, 0.5) is 5.82 Å². The van der Waals surface area contributed by atoms with Crippen molar-refractivity contribution in [1.82, 2.24) is 15.3 Å². The molecule has 5 nitrogen and oxygen atoms in total. The van der Waals surface area contributed by atoms with Crippen molar-refractivity contribution < 1.29 is 4.79 Å². The van der Waals surface area contributed by atoms with Gasteiger partial charge in [-0.2, -0.15) is 0 Å². The number of anilines is 1. The van der Waals surface area contributed by atoms with Gasteiger partial charge in [-0.05, 0) is 24.7 Å². The van der Waals surface area contributed by atoms with Gasteiger partial charge in [0.1, 0.15) is 11.5 Å². The van der Waals surface area contributed by atoms with Gasteiger partial charge in [0.2, 0.25) is 0 Å². The zero-order valence-electron chi connectivity index (χ0n) is 11.6. The second-order valence-corrected chi connectivity index (χ2v) is 5.37. The van der Waals surface area contributed by atoms with Gasteiger partial charge in [-0.25, -0.2) is 9.97 Å². The van der Waals surface area contributed by atoms with Crippen molar-refractivity contribution >= 4 is 11.7 Å². The predicted octanol–water partition coefficient (Wildman–Crippen LogP) is 2.07. The van der Waals surface area contributed by atoms with E-state index in [1.54, 1.807) is 13.2 Å². The Kier molecular flexibility index (Phi) is 4.71. The average Bonchev–Trinajstić information content (AvgIpc) is 2.46. The van der Waals surface area contributed by atoms with Crippen LogP contribution in [0.2, 0.25) is 0 Å². The highest BCUT2D eigenvalue weighted by atomic mass is 16.1. The molecule has 0 radical (unpaired) electrons. The molecule has 0 atom stereocenters. The average molecular weight is 262 g/mol. The Morgan fingerprint density at radius 2 is 2.00 bits per heavy atom. The Morgan fingerprint density at radius 1 is 1.26 bits per heavy atom. The minimum Gasteiger partial charge on any atom is -0.372 e. The van der Waals surface area contributed by atoms with Gasteiger partial charge in [-0.15, -0.1) is 0 Å². The molecule has 2 N–H and O–H groups in total. The molecule has 1 amide bonds. The SMILES string of the molecule is CNc1cnc(C(=O)NCC2CCC(C)CC2)cn1. The van der Waals surface area contributed by atoms with E-state index in [-0.39, 0.29) is 5.91 Å². The van der Waals surface area contributed by atoms with Crippen molar-refractivity contribution in [1.29, 1.82) is 0 Å². The summed E-state index contributed by atoms with van der Waals surface area (Å²) in [5.41, 5.74) is 0.378. The molecule has 104 valence electrons. The normalized spacial score (nSPS) is 22.8. The number of rotatable bonds is 4. The number of nitrogens with one attached hydrogen (secondary N) is 2. The summed E-state index contributed by atoms with van der Waals surface area (Å²) in [4.78, 5) is 20.1. The summed E-state index contributed by atoms with van der Waals surface area (Å²) in [6, 6.07) is 0.